The Morgan fingerprint density at radius 2 is 1.56 bits per heavy atom. The van der Waals surface area contributed by atoms with Crippen LogP contribution in [0.2, 0.25) is 4.44 Å². The van der Waals surface area contributed by atoms with Gasteiger partial charge in [-0.05, 0) is 0 Å². The van der Waals surface area contributed by atoms with Crippen LogP contribution in [0.3, 0.4) is 0 Å². The van der Waals surface area contributed by atoms with Gasteiger partial charge >= 0.3 is 133 Å². The summed E-state index contributed by atoms with van der Waals surface area (Å²) in [6.07, 6.45) is 9.61. The zero-order chi connectivity index (χ0) is 12.3. The normalized spacial score (nSPS) is 11.4. The maximum atomic E-state index is 5.37. The van der Waals surface area contributed by atoms with E-state index in [0.717, 1.165) is 0 Å². The summed E-state index contributed by atoms with van der Waals surface area (Å²) in [4.78, 5) is 0. The van der Waals surface area contributed by atoms with Crippen molar-refractivity contribution in [2.45, 2.75) is 68.0 Å². The molecule has 16 heavy (non-hydrogen) atoms. The molecule has 2 radical (unpaired) electrons. The van der Waals surface area contributed by atoms with Crippen molar-refractivity contribution in [3.05, 3.63) is 0 Å². The van der Waals surface area contributed by atoms with Gasteiger partial charge in [-0.3, -0.25) is 0 Å². The molecule has 0 saturated carbocycles. The summed E-state index contributed by atoms with van der Waals surface area (Å²) in [6, 6.07) is 0. The molecule has 0 unspecified atom stereocenters. The molecular weight excluding hydrogens is 466 g/mol. The summed E-state index contributed by atoms with van der Waals surface area (Å²) >= 11 is -0.965. The van der Waals surface area contributed by atoms with Gasteiger partial charge < -0.3 is 0 Å². The Kier molecular flexibility index (Phi) is 14.3. The van der Waals surface area contributed by atoms with Crippen molar-refractivity contribution in [3.8, 4) is 0 Å². The summed E-state index contributed by atoms with van der Waals surface area (Å²) < 4.78 is 1.95. The summed E-state index contributed by atoms with van der Waals surface area (Å²) in [5.74, 6) is 0. The van der Waals surface area contributed by atoms with Crippen molar-refractivity contribution in [3.63, 3.8) is 0 Å². The molecule has 0 spiro atoms. The second-order valence-electron chi connectivity index (χ2n) is 4.22. The molecule has 0 fully saturated rings. The monoisotopic (exact) mass is 490 g/mol. The molecule has 0 aromatic heterocycles. The Labute approximate surface area is 131 Å². The van der Waals surface area contributed by atoms with E-state index in [-0.39, 0.29) is 0 Å². The number of rotatable bonds is 11. The fourth-order valence-corrected chi connectivity index (χ4v) is 13.3. The molecule has 0 saturated heterocycles. The zero-order valence-electron chi connectivity index (χ0n) is 10.4. The first-order valence-electron chi connectivity index (χ1n) is 6.14. The average Bonchev–Trinajstić information content (AvgIpc) is 2.31. The van der Waals surface area contributed by atoms with Crippen molar-refractivity contribution in [1.29, 1.82) is 0 Å². The molecule has 92 valence electrons. The van der Waals surface area contributed by atoms with E-state index < -0.39 is 37.0 Å². The van der Waals surface area contributed by atoms with Crippen LogP contribution < -0.4 is 0 Å². The van der Waals surface area contributed by atoms with Crippen LogP contribution in [-0.4, -0.2) is 41.8 Å². The fraction of sp³-hybridized carbons (Fsp3) is 1.00. The van der Waals surface area contributed by atoms with Crippen LogP contribution in [0.4, 0.5) is 0 Å². The van der Waals surface area contributed by atoms with Crippen molar-refractivity contribution in [2.24, 2.45) is 0 Å². The van der Waals surface area contributed by atoms with Gasteiger partial charge in [0.1, 0.15) is 0 Å². The number of unbranched alkanes of at least 4 members (excludes halogenated alkanes) is 2. The Morgan fingerprint density at radius 1 is 1.00 bits per heavy atom. The van der Waals surface area contributed by atoms with Crippen LogP contribution in [0.15, 0.2) is 0 Å². The van der Waals surface area contributed by atoms with Crippen LogP contribution in [0.5, 0.6) is 0 Å². The third-order valence-electron chi connectivity index (χ3n) is 2.91. The molecule has 5 heteroatoms. The van der Waals surface area contributed by atoms with Gasteiger partial charge in [0.15, 0.2) is 0 Å². The third-order valence-corrected chi connectivity index (χ3v) is 12.8. The SMILES string of the molecule is CCCCC(CCCC)(C[CH2][Sn]=[S])[S][Sn]=[S]. The topological polar surface area (TPSA) is 0 Å². The molecule has 0 aliphatic carbocycles. The van der Waals surface area contributed by atoms with E-state index in [9.17, 15) is 0 Å². The second kappa shape index (κ2) is 12.4. The number of hydrogen-bond acceptors (Lipinski definition) is 3. The molecule has 0 nitrogen and oxygen atoms in total. The molecule has 0 aromatic rings. The summed E-state index contributed by atoms with van der Waals surface area (Å²) in [6.45, 7) is 4.60. The average molecular weight is 488 g/mol. The first-order chi connectivity index (χ1) is 7.74. The van der Waals surface area contributed by atoms with E-state index in [0.29, 0.717) is 4.75 Å². The van der Waals surface area contributed by atoms with E-state index in [2.05, 4.69) is 22.8 Å². The van der Waals surface area contributed by atoms with Crippen LogP contribution >= 0.6 is 27.5 Å². The maximum absolute atomic E-state index is 5.37. The summed E-state index contributed by atoms with van der Waals surface area (Å²) in [7, 11) is 12.9. The first-order valence-corrected chi connectivity index (χ1v) is 20.3. The zero-order valence-corrected chi connectivity index (χ0v) is 18.5. The second-order valence-corrected chi connectivity index (χ2v) is 16.2. The van der Waals surface area contributed by atoms with E-state index in [4.69, 9.17) is 18.6 Å². The molecular formula is C11H22S3Sn2. The Hall–Kier alpha value is 2.39. The van der Waals surface area contributed by atoms with Crippen LogP contribution in [-0.2, 0) is 0 Å². The van der Waals surface area contributed by atoms with Gasteiger partial charge in [0, 0.05) is 0 Å². The molecule has 0 bridgehead atoms. The van der Waals surface area contributed by atoms with E-state index in [1.807, 2.05) is 0 Å². The molecule has 0 aromatic carbocycles. The molecule has 0 aliphatic heterocycles. The van der Waals surface area contributed by atoms with Gasteiger partial charge in [0.2, 0.25) is 0 Å². The molecule has 0 atom stereocenters. The van der Waals surface area contributed by atoms with Crippen LogP contribution in [0, 0.1) is 0 Å². The van der Waals surface area contributed by atoms with Gasteiger partial charge in [-0.15, -0.1) is 0 Å². The molecule has 0 heterocycles. The Balaban J connectivity index is 4.43. The van der Waals surface area contributed by atoms with Crippen molar-refractivity contribution < 1.29 is 0 Å². The summed E-state index contributed by atoms with van der Waals surface area (Å²) in [5, 5.41) is 0. The van der Waals surface area contributed by atoms with E-state index in [1.165, 1.54) is 49.4 Å². The van der Waals surface area contributed by atoms with Gasteiger partial charge in [0.25, 0.3) is 0 Å². The molecule has 0 rings (SSSR count). The molecule has 0 N–H and O–H groups in total. The van der Waals surface area contributed by atoms with Crippen molar-refractivity contribution >= 4 is 64.5 Å². The van der Waals surface area contributed by atoms with Crippen molar-refractivity contribution in [2.75, 3.05) is 0 Å². The Bertz CT molecular complexity index is 190. The minimum atomic E-state index is -0.546. The van der Waals surface area contributed by atoms with Crippen LogP contribution in [0.25, 0.3) is 0 Å². The van der Waals surface area contributed by atoms with Crippen LogP contribution in [0.1, 0.15) is 58.8 Å². The third kappa shape index (κ3) is 8.48. The standard InChI is InChI=1S/C11H23S.2S.2Sn/c1-4-7-9-11(12,6-3)10-8-5-2;;;;/h12H,3-10H2,1-2H3;;;;/q;;;;+1/p-1. The molecule has 0 aliphatic rings. The Morgan fingerprint density at radius 3 is 1.94 bits per heavy atom. The summed E-state index contributed by atoms with van der Waals surface area (Å²) in [5.41, 5.74) is 0. The van der Waals surface area contributed by atoms with Crippen molar-refractivity contribution in [1.82, 2.24) is 0 Å². The van der Waals surface area contributed by atoms with E-state index >= 15 is 0 Å². The van der Waals surface area contributed by atoms with Gasteiger partial charge in [0.05, 0.1) is 0 Å². The predicted molar refractivity (Wildman–Crippen MR) is 85.5 cm³/mol. The predicted octanol–water partition coefficient (Wildman–Crippen LogP) is 5.20. The van der Waals surface area contributed by atoms with Gasteiger partial charge in [-0.1, -0.05) is 0 Å². The van der Waals surface area contributed by atoms with Gasteiger partial charge in [-0.2, -0.15) is 0 Å². The quantitative estimate of drug-likeness (QED) is 0.368. The fourth-order valence-electron chi connectivity index (χ4n) is 1.89. The first kappa shape index (κ1) is 18.4. The number of hydrogen-bond donors (Lipinski definition) is 0. The van der Waals surface area contributed by atoms with Gasteiger partial charge in [-0.25, -0.2) is 0 Å². The molecule has 0 amide bonds. The minimum absolute atomic E-state index is 0.420. The van der Waals surface area contributed by atoms with E-state index in [1.54, 1.807) is 0 Å².